The summed E-state index contributed by atoms with van der Waals surface area (Å²) >= 11 is 0. The van der Waals surface area contributed by atoms with Crippen LogP contribution in [0, 0.1) is 5.41 Å². The molecule has 0 unspecified atom stereocenters. The summed E-state index contributed by atoms with van der Waals surface area (Å²) in [6, 6.07) is 3.88. The molecule has 0 saturated carbocycles. The first-order chi connectivity index (χ1) is 9.62. The summed E-state index contributed by atoms with van der Waals surface area (Å²) in [5, 5.41) is 7.61. The highest BCUT2D eigenvalue weighted by atomic mass is 16.7. The van der Waals surface area contributed by atoms with Crippen LogP contribution in [0.4, 0.5) is 0 Å². The Hall–Kier alpha value is -1.59. The number of hydrogen-bond acceptors (Lipinski definition) is 5. The fourth-order valence-electron chi connectivity index (χ4n) is 1.97. The lowest BCUT2D eigenvalue weighted by Crippen LogP contribution is -2.05. The predicted molar refractivity (Wildman–Crippen MR) is 78.2 cm³/mol. The Labute approximate surface area is 120 Å². The number of ether oxygens (including phenoxy) is 4. The van der Waals surface area contributed by atoms with Crippen molar-refractivity contribution in [1.29, 1.82) is 5.41 Å². The molecule has 0 aliphatic heterocycles. The Bertz CT molecular complexity index is 446. The molecule has 0 atom stereocenters. The van der Waals surface area contributed by atoms with Crippen LogP contribution in [0.2, 0.25) is 0 Å². The standard InChI is InChI=1S/C15H23NO4/c1-11(16)7-13-9-14(18-3)12(8-15(13)19-4)5-6-20-10-17-2/h8-9,16H,5-7,10H2,1-4H3. The quantitative estimate of drug-likeness (QED) is 0.429. The number of hydrogen-bond donors (Lipinski definition) is 1. The van der Waals surface area contributed by atoms with E-state index in [4.69, 9.17) is 24.4 Å². The van der Waals surface area contributed by atoms with Gasteiger partial charge in [-0.15, -0.1) is 0 Å². The lowest BCUT2D eigenvalue weighted by atomic mass is 10.0. The molecule has 1 N–H and O–H groups in total. The molecule has 1 aromatic carbocycles. The van der Waals surface area contributed by atoms with Crippen molar-refractivity contribution in [1.82, 2.24) is 0 Å². The third kappa shape index (κ3) is 4.83. The lowest BCUT2D eigenvalue weighted by Gasteiger charge is -2.15. The molecule has 0 fully saturated rings. The number of methoxy groups -OCH3 is 3. The summed E-state index contributed by atoms with van der Waals surface area (Å²) in [5.74, 6) is 1.57. The third-order valence-corrected chi connectivity index (χ3v) is 2.86. The van der Waals surface area contributed by atoms with Crippen LogP contribution in [0.25, 0.3) is 0 Å². The maximum Gasteiger partial charge on any atom is 0.146 e. The zero-order chi connectivity index (χ0) is 15.0. The van der Waals surface area contributed by atoms with E-state index in [0.29, 0.717) is 25.2 Å². The molecule has 1 aromatic rings. The van der Waals surface area contributed by atoms with Gasteiger partial charge < -0.3 is 24.4 Å². The van der Waals surface area contributed by atoms with Gasteiger partial charge in [0.1, 0.15) is 18.3 Å². The topological polar surface area (TPSA) is 60.8 Å². The maximum absolute atomic E-state index is 7.61. The van der Waals surface area contributed by atoms with Gasteiger partial charge in [-0.2, -0.15) is 0 Å². The third-order valence-electron chi connectivity index (χ3n) is 2.86. The van der Waals surface area contributed by atoms with Crippen LogP contribution in [-0.2, 0) is 22.3 Å². The first kappa shape index (κ1) is 16.5. The molecule has 0 aliphatic carbocycles. The molecule has 20 heavy (non-hydrogen) atoms. The molecule has 0 saturated heterocycles. The molecule has 0 amide bonds. The van der Waals surface area contributed by atoms with Crippen LogP contribution in [0.1, 0.15) is 18.1 Å². The summed E-state index contributed by atoms with van der Waals surface area (Å²) in [4.78, 5) is 0. The van der Waals surface area contributed by atoms with Crippen LogP contribution >= 0.6 is 0 Å². The van der Waals surface area contributed by atoms with Gasteiger partial charge in [0.15, 0.2) is 0 Å². The minimum Gasteiger partial charge on any atom is -0.496 e. The summed E-state index contributed by atoms with van der Waals surface area (Å²) < 4.78 is 21.0. The average molecular weight is 281 g/mol. The molecule has 0 aromatic heterocycles. The van der Waals surface area contributed by atoms with Gasteiger partial charge in [-0.3, -0.25) is 0 Å². The lowest BCUT2D eigenvalue weighted by molar-refractivity contribution is -0.0292. The van der Waals surface area contributed by atoms with Gasteiger partial charge in [0, 0.05) is 30.4 Å². The first-order valence-electron chi connectivity index (χ1n) is 6.46. The van der Waals surface area contributed by atoms with E-state index in [9.17, 15) is 0 Å². The fraction of sp³-hybridized carbons (Fsp3) is 0.533. The van der Waals surface area contributed by atoms with E-state index >= 15 is 0 Å². The molecule has 1 rings (SSSR count). The van der Waals surface area contributed by atoms with Crippen molar-refractivity contribution in [2.75, 3.05) is 34.7 Å². The van der Waals surface area contributed by atoms with Crippen molar-refractivity contribution in [2.45, 2.75) is 19.8 Å². The molecule has 0 radical (unpaired) electrons. The van der Waals surface area contributed by atoms with Crippen molar-refractivity contribution in [3.63, 3.8) is 0 Å². The normalized spacial score (nSPS) is 10.4. The van der Waals surface area contributed by atoms with Gasteiger partial charge >= 0.3 is 0 Å². The van der Waals surface area contributed by atoms with E-state index in [0.717, 1.165) is 22.6 Å². The molecule has 0 heterocycles. The Morgan fingerprint density at radius 3 is 2.20 bits per heavy atom. The highest BCUT2D eigenvalue weighted by molar-refractivity contribution is 5.82. The second-order valence-electron chi connectivity index (χ2n) is 4.50. The Morgan fingerprint density at radius 2 is 1.65 bits per heavy atom. The first-order valence-corrected chi connectivity index (χ1v) is 6.46. The van der Waals surface area contributed by atoms with Crippen LogP contribution < -0.4 is 9.47 Å². The zero-order valence-electron chi connectivity index (χ0n) is 12.6. The molecule has 5 nitrogen and oxygen atoms in total. The van der Waals surface area contributed by atoms with Crippen molar-refractivity contribution >= 4 is 5.71 Å². The monoisotopic (exact) mass is 281 g/mol. The van der Waals surface area contributed by atoms with Crippen LogP contribution in [0.3, 0.4) is 0 Å². The van der Waals surface area contributed by atoms with Gasteiger partial charge in [-0.25, -0.2) is 0 Å². The van der Waals surface area contributed by atoms with Crippen LogP contribution in [-0.4, -0.2) is 40.4 Å². The van der Waals surface area contributed by atoms with Gasteiger partial charge in [0.2, 0.25) is 0 Å². The minimum atomic E-state index is 0.282. The Morgan fingerprint density at radius 1 is 1.05 bits per heavy atom. The fourth-order valence-corrected chi connectivity index (χ4v) is 1.97. The van der Waals surface area contributed by atoms with E-state index < -0.39 is 0 Å². The van der Waals surface area contributed by atoms with Crippen molar-refractivity contribution in [3.8, 4) is 11.5 Å². The largest absolute Gasteiger partial charge is 0.496 e. The molecular formula is C15H23NO4. The van der Waals surface area contributed by atoms with E-state index in [-0.39, 0.29) is 6.79 Å². The summed E-state index contributed by atoms with van der Waals surface area (Å²) in [6.07, 6.45) is 1.27. The number of benzene rings is 1. The highest BCUT2D eigenvalue weighted by Crippen LogP contribution is 2.29. The summed E-state index contributed by atoms with van der Waals surface area (Å²) in [5.41, 5.74) is 2.56. The molecular weight excluding hydrogens is 258 g/mol. The Balaban J connectivity index is 2.90. The second-order valence-corrected chi connectivity index (χ2v) is 4.50. The minimum absolute atomic E-state index is 0.282. The Kier molecular flexibility index (Phi) is 7.04. The second kappa shape index (κ2) is 8.55. The number of rotatable bonds is 9. The van der Waals surface area contributed by atoms with Crippen molar-refractivity contribution < 1.29 is 18.9 Å². The molecule has 0 spiro atoms. The van der Waals surface area contributed by atoms with Crippen molar-refractivity contribution in [3.05, 3.63) is 23.3 Å². The molecule has 5 heteroatoms. The van der Waals surface area contributed by atoms with Gasteiger partial charge in [-0.05, 0) is 25.5 Å². The van der Waals surface area contributed by atoms with Gasteiger partial charge in [0.25, 0.3) is 0 Å². The van der Waals surface area contributed by atoms with Gasteiger partial charge in [0.05, 0.1) is 20.8 Å². The van der Waals surface area contributed by atoms with E-state index in [2.05, 4.69) is 0 Å². The van der Waals surface area contributed by atoms with Crippen LogP contribution in [0.5, 0.6) is 11.5 Å². The summed E-state index contributed by atoms with van der Waals surface area (Å²) in [6.45, 7) is 2.61. The number of nitrogens with one attached hydrogen (secondary N) is 1. The van der Waals surface area contributed by atoms with E-state index in [1.165, 1.54) is 0 Å². The average Bonchev–Trinajstić information content (AvgIpc) is 2.43. The SMILES string of the molecule is COCOCCc1cc(OC)c(CC(C)=N)cc1OC. The smallest absolute Gasteiger partial charge is 0.146 e. The van der Waals surface area contributed by atoms with E-state index in [1.54, 1.807) is 28.3 Å². The molecule has 112 valence electrons. The molecule has 0 aliphatic rings. The maximum atomic E-state index is 7.61. The molecule has 0 bridgehead atoms. The van der Waals surface area contributed by atoms with Gasteiger partial charge in [-0.1, -0.05) is 0 Å². The predicted octanol–water partition coefficient (Wildman–Crippen LogP) is 2.45. The van der Waals surface area contributed by atoms with E-state index in [1.807, 2.05) is 12.1 Å². The van der Waals surface area contributed by atoms with Crippen LogP contribution in [0.15, 0.2) is 12.1 Å². The summed E-state index contributed by atoms with van der Waals surface area (Å²) in [7, 11) is 4.87. The highest BCUT2D eigenvalue weighted by Gasteiger charge is 2.11. The van der Waals surface area contributed by atoms with Crippen molar-refractivity contribution in [2.24, 2.45) is 0 Å². The zero-order valence-corrected chi connectivity index (χ0v) is 12.6.